The van der Waals surface area contributed by atoms with E-state index in [0.717, 1.165) is 0 Å². The van der Waals surface area contributed by atoms with Crippen LogP contribution in [0.5, 0.6) is 0 Å². The maximum Gasteiger partial charge on any atom is 0.416 e. The van der Waals surface area contributed by atoms with Gasteiger partial charge in [0.05, 0.1) is 11.1 Å². The summed E-state index contributed by atoms with van der Waals surface area (Å²) in [5.41, 5.74) is -3.97. The molecule has 108 valence electrons. The molecule has 0 saturated carbocycles. The van der Waals surface area contributed by atoms with Crippen LogP contribution in [-0.2, 0) is 12.4 Å². The molecular formula is C9H6F7NO2. The smallest absolute Gasteiger partial charge is 0.416 e. The van der Waals surface area contributed by atoms with Gasteiger partial charge in [-0.2, -0.15) is 26.3 Å². The Morgan fingerprint density at radius 1 is 0.947 bits per heavy atom. The molecule has 0 spiro atoms. The molecule has 0 heterocycles. The molecule has 0 unspecified atom stereocenters. The van der Waals surface area contributed by atoms with Crippen molar-refractivity contribution in [1.82, 2.24) is 0 Å². The lowest BCUT2D eigenvalue weighted by atomic mass is 10.1. The quantitative estimate of drug-likeness (QED) is 0.770. The molecule has 0 aliphatic heterocycles. The first kappa shape index (κ1) is 17.0. The number of carboxylic acid groups (broad SMARTS) is 1. The Morgan fingerprint density at radius 2 is 1.32 bits per heavy atom. The SMILES string of the molecule is F.O=C(O)Nc1cc(C(F)(F)F)cc(C(F)(F)F)c1. The van der Waals surface area contributed by atoms with Gasteiger partial charge in [-0.3, -0.25) is 10.0 Å². The van der Waals surface area contributed by atoms with E-state index >= 15 is 0 Å². The summed E-state index contributed by atoms with van der Waals surface area (Å²) in [6, 6.07) is 0.472. The zero-order valence-corrected chi connectivity index (χ0v) is 8.76. The highest BCUT2D eigenvalue weighted by atomic mass is 19.4. The van der Waals surface area contributed by atoms with Crippen LogP contribution < -0.4 is 5.32 Å². The minimum Gasteiger partial charge on any atom is -0.465 e. The highest BCUT2D eigenvalue weighted by Crippen LogP contribution is 2.37. The summed E-state index contributed by atoms with van der Waals surface area (Å²) in [6.07, 6.45) is -11.8. The molecule has 10 heteroatoms. The maximum absolute atomic E-state index is 12.3. The van der Waals surface area contributed by atoms with Gasteiger partial charge in [-0.15, -0.1) is 0 Å². The fraction of sp³-hybridized carbons (Fsp3) is 0.222. The minimum absolute atomic E-state index is 0. The number of rotatable bonds is 1. The van der Waals surface area contributed by atoms with E-state index < -0.39 is 35.3 Å². The zero-order chi connectivity index (χ0) is 14.1. The lowest BCUT2D eigenvalue weighted by Crippen LogP contribution is -2.14. The van der Waals surface area contributed by atoms with Crippen molar-refractivity contribution >= 4 is 11.8 Å². The van der Waals surface area contributed by atoms with Crippen LogP contribution >= 0.6 is 0 Å². The maximum atomic E-state index is 12.3. The molecule has 19 heavy (non-hydrogen) atoms. The molecule has 0 radical (unpaired) electrons. The highest BCUT2D eigenvalue weighted by molar-refractivity contribution is 5.83. The molecule has 0 aliphatic rings. The van der Waals surface area contributed by atoms with E-state index in [9.17, 15) is 31.1 Å². The van der Waals surface area contributed by atoms with Gasteiger partial charge in [0.1, 0.15) is 0 Å². The van der Waals surface area contributed by atoms with Crippen molar-refractivity contribution in [2.24, 2.45) is 0 Å². The first-order valence-electron chi connectivity index (χ1n) is 4.29. The molecule has 2 N–H and O–H groups in total. The van der Waals surface area contributed by atoms with Crippen LogP contribution in [0.15, 0.2) is 18.2 Å². The van der Waals surface area contributed by atoms with Gasteiger partial charge in [0.15, 0.2) is 0 Å². The van der Waals surface area contributed by atoms with E-state index in [2.05, 4.69) is 0 Å². The van der Waals surface area contributed by atoms with E-state index in [1.807, 2.05) is 0 Å². The van der Waals surface area contributed by atoms with Crippen LogP contribution in [0, 0.1) is 0 Å². The number of hydrogen-bond donors (Lipinski definition) is 2. The van der Waals surface area contributed by atoms with Crippen LogP contribution in [-0.4, -0.2) is 11.2 Å². The molecule has 0 saturated heterocycles. The van der Waals surface area contributed by atoms with E-state index in [4.69, 9.17) is 5.11 Å². The first-order chi connectivity index (χ1) is 8.00. The van der Waals surface area contributed by atoms with Crippen molar-refractivity contribution in [1.29, 1.82) is 0 Å². The Hall–Kier alpha value is -2.00. The van der Waals surface area contributed by atoms with Crippen LogP contribution in [0.4, 0.5) is 41.5 Å². The van der Waals surface area contributed by atoms with Crippen molar-refractivity contribution in [3.63, 3.8) is 0 Å². The van der Waals surface area contributed by atoms with Gasteiger partial charge in [-0.05, 0) is 18.2 Å². The highest BCUT2D eigenvalue weighted by Gasteiger charge is 2.37. The van der Waals surface area contributed by atoms with Crippen molar-refractivity contribution < 1.29 is 40.9 Å². The molecular weight excluding hydrogens is 287 g/mol. The van der Waals surface area contributed by atoms with Crippen molar-refractivity contribution in [2.75, 3.05) is 5.32 Å². The molecule has 1 aromatic rings. The van der Waals surface area contributed by atoms with Gasteiger partial charge in [0, 0.05) is 5.69 Å². The zero-order valence-electron chi connectivity index (χ0n) is 8.76. The Balaban J connectivity index is 0.00000324. The number of hydrogen-bond acceptors (Lipinski definition) is 1. The van der Waals surface area contributed by atoms with Gasteiger partial charge >= 0.3 is 18.4 Å². The van der Waals surface area contributed by atoms with Crippen LogP contribution in [0.3, 0.4) is 0 Å². The molecule has 0 fully saturated rings. The topological polar surface area (TPSA) is 49.3 Å². The normalized spacial score (nSPS) is 11.7. The molecule has 0 aliphatic carbocycles. The number of carbonyl (C=O) groups is 1. The number of benzene rings is 1. The standard InChI is InChI=1S/C9H5F6NO2.FH/c10-8(11,12)4-1-5(9(13,14)15)3-6(2-4)16-7(17)18;/h1-3,16H,(H,17,18);1H. The monoisotopic (exact) mass is 293 g/mol. The van der Waals surface area contributed by atoms with E-state index in [1.54, 1.807) is 0 Å². The largest absolute Gasteiger partial charge is 0.465 e. The summed E-state index contributed by atoms with van der Waals surface area (Å²) in [4.78, 5) is 10.2. The third-order valence-electron chi connectivity index (χ3n) is 1.84. The second kappa shape index (κ2) is 5.33. The van der Waals surface area contributed by atoms with Crippen LogP contribution in [0.2, 0.25) is 0 Å². The lowest BCUT2D eigenvalue weighted by molar-refractivity contribution is -0.143. The Morgan fingerprint density at radius 3 is 1.58 bits per heavy atom. The number of alkyl halides is 6. The van der Waals surface area contributed by atoms with E-state index in [0.29, 0.717) is 0 Å². The Kier molecular flexibility index (Phi) is 4.76. The summed E-state index contributed by atoms with van der Waals surface area (Å²) in [5.74, 6) is 0. The van der Waals surface area contributed by atoms with E-state index in [1.165, 1.54) is 5.32 Å². The molecule has 0 atom stereocenters. The predicted molar refractivity (Wildman–Crippen MR) is 50.6 cm³/mol. The number of nitrogens with one attached hydrogen (secondary N) is 1. The molecule has 3 nitrogen and oxygen atoms in total. The molecule has 0 bridgehead atoms. The molecule has 1 rings (SSSR count). The summed E-state index contributed by atoms with van der Waals surface area (Å²) < 4.78 is 74.0. The summed E-state index contributed by atoms with van der Waals surface area (Å²) >= 11 is 0. The molecule has 0 aromatic heterocycles. The molecule has 1 aromatic carbocycles. The fourth-order valence-electron chi connectivity index (χ4n) is 1.15. The first-order valence-corrected chi connectivity index (χ1v) is 4.29. The van der Waals surface area contributed by atoms with E-state index in [-0.39, 0.29) is 22.9 Å². The predicted octanol–water partition coefficient (Wildman–Crippen LogP) is 3.97. The van der Waals surface area contributed by atoms with Gasteiger partial charge < -0.3 is 5.11 Å². The number of amides is 1. The van der Waals surface area contributed by atoms with Crippen molar-refractivity contribution in [3.05, 3.63) is 29.3 Å². The lowest BCUT2D eigenvalue weighted by Gasteiger charge is -2.13. The van der Waals surface area contributed by atoms with Gasteiger partial charge in [-0.25, -0.2) is 4.79 Å². The Labute approximate surface area is 101 Å². The average molecular weight is 293 g/mol. The second-order valence-electron chi connectivity index (χ2n) is 3.22. The van der Waals surface area contributed by atoms with Crippen molar-refractivity contribution in [3.8, 4) is 0 Å². The van der Waals surface area contributed by atoms with Crippen LogP contribution in [0.25, 0.3) is 0 Å². The number of anilines is 1. The van der Waals surface area contributed by atoms with Gasteiger partial charge in [0.2, 0.25) is 0 Å². The Bertz CT molecular complexity index is 434. The third-order valence-corrected chi connectivity index (χ3v) is 1.84. The summed E-state index contributed by atoms with van der Waals surface area (Å²) in [7, 11) is 0. The summed E-state index contributed by atoms with van der Waals surface area (Å²) in [6.45, 7) is 0. The van der Waals surface area contributed by atoms with Crippen molar-refractivity contribution in [2.45, 2.75) is 12.4 Å². The minimum atomic E-state index is -5.00. The average Bonchev–Trinajstić information content (AvgIpc) is 2.13. The number of halogens is 7. The van der Waals surface area contributed by atoms with Gasteiger partial charge in [0.25, 0.3) is 0 Å². The third kappa shape index (κ3) is 4.64. The molecule has 1 amide bonds. The van der Waals surface area contributed by atoms with Crippen LogP contribution in [0.1, 0.15) is 11.1 Å². The fourth-order valence-corrected chi connectivity index (χ4v) is 1.15. The van der Waals surface area contributed by atoms with Gasteiger partial charge in [-0.1, -0.05) is 0 Å². The summed E-state index contributed by atoms with van der Waals surface area (Å²) in [5, 5.41) is 9.73. The second-order valence-corrected chi connectivity index (χ2v) is 3.22.